The van der Waals surface area contributed by atoms with Crippen LogP contribution >= 0.6 is 0 Å². The second-order valence-corrected chi connectivity index (χ2v) is 5.25. The van der Waals surface area contributed by atoms with Crippen LogP contribution in [0.5, 0.6) is 0 Å². The van der Waals surface area contributed by atoms with Crippen LogP contribution in [-0.4, -0.2) is 12.6 Å². The zero-order chi connectivity index (χ0) is 17.0. The van der Waals surface area contributed by atoms with Gasteiger partial charge in [0.1, 0.15) is 0 Å². The summed E-state index contributed by atoms with van der Waals surface area (Å²) in [6.45, 7) is 4.45. The summed E-state index contributed by atoms with van der Waals surface area (Å²) in [5, 5.41) is 0. The van der Waals surface area contributed by atoms with Crippen LogP contribution < -0.4 is 0 Å². The topological polar surface area (TPSA) is 26.3 Å². The van der Waals surface area contributed by atoms with Gasteiger partial charge in [-0.05, 0) is 19.8 Å². The van der Waals surface area contributed by atoms with Crippen molar-refractivity contribution in [2.24, 2.45) is 0 Å². The van der Waals surface area contributed by atoms with E-state index < -0.39 is 0 Å². The van der Waals surface area contributed by atoms with Crippen LogP contribution in [0.15, 0.2) is 60.8 Å². The average Bonchev–Trinajstić information content (AvgIpc) is 2.54. The van der Waals surface area contributed by atoms with Crippen LogP contribution in [0.4, 0.5) is 0 Å². The summed E-state index contributed by atoms with van der Waals surface area (Å²) in [4.78, 5) is 11.0. The quantitative estimate of drug-likeness (QED) is 0.178. The number of carbonyl (C=O) groups excluding carboxylic acids is 1. The normalized spacial score (nSPS) is 12.6. The molecule has 0 aromatic heterocycles. The molecule has 0 aromatic rings. The predicted octanol–water partition coefficient (Wildman–Crippen LogP) is 6.08. The van der Waals surface area contributed by atoms with Gasteiger partial charge in [0.15, 0.2) is 0 Å². The highest BCUT2D eigenvalue weighted by Gasteiger charge is 1.89. The molecule has 0 radical (unpaired) electrons. The first-order valence-electron chi connectivity index (χ1n) is 8.81. The van der Waals surface area contributed by atoms with Gasteiger partial charge < -0.3 is 4.74 Å². The monoisotopic (exact) mass is 316 g/mol. The number of hydrogen-bond donors (Lipinski definition) is 0. The van der Waals surface area contributed by atoms with Gasteiger partial charge in [-0.2, -0.15) is 0 Å². The molecule has 0 rings (SSSR count). The van der Waals surface area contributed by atoms with E-state index in [1.165, 1.54) is 51.0 Å². The summed E-state index contributed by atoms with van der Waals surface area (Å²) in [7, 11) is 0. The minimum atomic E-state index is -0.309. The largest absolute Gasteiger partial charge is 0.463 e. The van der Waals surface area contributed by atoms with Gasteiger partial charge in [-0.25, -0.2) is 4.79 Å². The van der Waals surface area contributed by atoms with Gasteiger partial charge in [0.05, 0.1) is 6.61 Å². The van der Waals surface area contributed by atoms with Crippen molar-refractivity contribution in [3.63, 3.8) is 0 Å². The third-order valence-electron chi connectivity index (χ3n) is 3.16. The smallest absolute Gasteiger partial charge is 0.330 e. The molecular formula is C21H32O2. The highest BCUT2D eigenvalue weighted by Crippen LogP contribution is 2.07. The Morgan fingerprint density at radius 1 is 0.739 bits per heavy atom. The molecule has 0 spiro atoms. The molecule has 0 aliphatic rings. The molecule has 2 nitrogen and oxygen atoms in total. The minimum absolute atomic E-state index is 0.309. The first kappa shape index (κ1) is 21.2. The second kappa shape index (κ2) is 18.2. The Kier molecular flexibility index (Phi) is 16.8. The lowest BCUT2D eigenvalue weighted by atomic mass is 10.1. The molecule has 0 aliphatic carbocycles. The van der Waals surface area contributed by atoms with Crippen LogP contribution in [-0.2, 0) is 9.53 Å². The Morgan fingerprint density at radius 3 is 1.96 bits per heavy atom. The van der Waals surface area contributed by atoms with Gasteiger partial charge in [-0.1, -0.05) is 93.7 Å². The standard InChI is InChI=1S/C21H32O2/c1-3-5-6-7-8-9-10-11-12-13-14-15-16-17-18-19-20-21(22)23-4-2/h11-20H,3-10H2,1-2H3. The molecule has 0 amide bonds. The average molecular weight is 316 g/mol. The third-order valence-corrected chi connectivity index (χ3v) is 3.16. The number of hydrogen-bond acceptors (Lipinski definition) is 2. The zero-order valence-corrected chi connectivity index (χ0v) is 14.7. The maximum absolute atomic E-state index is 11.0. The number of allylic oxidation sites excluding steroid dienone is 9. The molecule has 0 atom stereocenters. The fourth-order valence-corrected chi connectivity index (χ4v) is 1.93. The number of rotatable bonds is 13. The van der Waals surface area contributed by atoms with E-state index in [1.807, 2.05) is 30.4 Å². The summed E-state index contributed by atoms with van der Waals surface area (Å²) < 4.78 is 4.77. The summed E-state index contributed by atoms with van der Waals surface area (Å²) >= 11 is 0. The van der Waals surface area contributed by atoms with Crippen molar-refractivity contribution in [1.29, 1.82) is 0 Å². The van der Waals surface area contributed by atoms with Gasteiger partial charge in [-0.3, -0.25) is 0 Å². The molecule has 0 heterocycles. The molecule has 128 valence electrons. The Hall–Kier alpha value is -1.83. The molecule has 0 saturated heterocycles. The lowest BCUT2D eigenvalue weighted by Crippen LogP contribution is -1.98. The summed E-state index contributed by atoms with van der Waals surface area (Å²) in [5.74, 6) is -0.309. The van der Waals surface area contributed by atoms with Gasteiger partial charge in [0.25, 0.3) is 0 Å². The van der Waals surface area contributed by atoms with Crippen molar-refractivity contribution in [3.8, 4) is 0 Å². The molecule has 0 N–H and O–H groups in total. The van der Waals surface area contributed by atoms with Crippen molar-refractivity contribution in [3.05, 3.63) is 60.8 Å². The van der Waals surface area contributed by atoms with Gasteiger partial charge in [-0.15, -0.1) is 0 Å². The van der Waals surface area contributed by atoms with E-state index in [4.69, 9.17) is 4.74 Å². The predicted molar refractivity (Wildman–Crippen MR) is 100 cm³/mol. The SMILES string of the molecule is CCCCCCCCC=CC=CC=CC=CC=CC(=O)OCC. The van der Waals surface area contributed by atoms with Crippen molar-refractivity contribution in [2.75, 3.05) is 6.61 Å². The molecule has 2 heteroatoms. The molecule has 0 aliphatic heterocycles. The molecule has 0 bridgehead atoms. The van der Waals surface area contributed by atoms with Gasteiger partial charge in [0, 0.05) is 6.08 Å². The van der Waals surface area contributed by atoms with Crippen LogP contribution in [0.3, 0.4) is 0 Å². The minimum Gasteiger partial charge on any atom is -0.463 e. The van der Waals surface area contributed by atoms with E-state index >= 15 is 0 Å². The fraction of sp³-hybridized carbons (Fsp3) is 0.476. The lowest BCUT2D eigenvalue weighted by molar-refractivity contribution is -0.137. The number of esters is 1. The molecule has 0 unspecified atom stereocenters. The molecule has 23 heavy (non-hydrogen) atoms. The number of carbonyl (C=O) groups is 1. The second-order valence-electron chi connectivity index (χ2n) is 5.25. The van der Waals surface area contributed by atoms with Gasteiger partial charge >= 0.3 is 5.97 Å². The molecule has 0 saturated carbocycles. The Morgan fingerprint density at radius 2 is 1.30 bits per heavy atom. The highest BCUT2D eigenvalue weighted by atomic mass is 16.5. The van der Waals surface area contributed by atoms with E-state index in [0.29, 0.717) is 6.61 Å². The summed E-state index contributed by atoms with van der Waals surface area (Å²) in [6.07, 6.45) is 28.2. The fourth-order valence-electron chi connectivity index (χ4n) is 1.93. The van der Waals surface area contributed by atoms with Crippen molar-refractivity contribution in [2.45, 2.75) is 58.8 Å². The molecule has 0 fully saturated rings. The Bertz CT molecular complexity index is 412. The van der Waals surface area contributed by atoms with E-state index in [0.717, 1.165) is 0 Å². The third kappa shape index (κ3) is 18.1. The van der Waals surface area contributed by atoms with Crippen LogP contribution in [0, 0.1) is 0 Å². The van der Waals surface area contributed by atoms with Crippen molar-refractivity contribution in [1.82, 2.24) is 0 Å². The number of ether oxygens (including phenoxy) is 1. The summed E-state index contributed by atoms with van der Waals surface area (Å²) in [5.41, 5.74) is 0. The molecular weight excluding hydrogens is 284 g/mol. The van der Waals surface area contributed by atoms with Crippen molar-refractivity contribution < 1.29 is 9.53 Å². The Labute approximate surface area is 142 Å². The number of unbranched alkanes of at least 4 members (excludes halogenated alkanes) is 6. The zero-order valence-electron chi connectivity index (χ0n) is 14.7. The molecule has 0 aromatic carbocycles. The maximum Gasteiger partial charge on any atom is 0.330 e. The first-order valence-corrected chi connectivity index (χ1v) is 8.81. The van der Waals surface area contributed by atoms with Crippen LogP contribution in [0.25, 0.3) is 0 Å². The summed E-state index contributed by atoms with van der Waals surface area (Å²) in [6, 6.07) is 0. The van der Waals surface area contributed by atoms with E-state index in [1.54, 1.807) is 19.1 Å². The Balaban J connectivity index is 3.61. The van der Waals surface area contributed by atoms with E-state index in [9.17, 15) is 4.79 Å². The lowest BCUT2D eigenvalue weighted by Gasteiger charge is -1.97. The van der Waals surface area contributed by atoms with E-state index in [2.05, 4.69) is 19.1 Å². The first-order chi connectivity index (χ1) is 11.3. The van der Waals surface area contributed by atoms with Crippen LogP contribution in [0.2, 0.25) is 0 Å². The maximum atomic E-state index is 11.0. The van der Waals surface area contributed by atoms with Crippen LogP contribution in [0.1, 0.15) is 58.8 Å². The van der Waals surface area contributed by atoms with E-state index in [-0.39, 0.29) is 5.97 Å². The van der Waals surface area contributed by atoms with Crippen molar-refractivity contribution >= 4 is 5.97 Å². The van der Waals surface area contributed by atoms with Gasteiger partial charge in [0.2, 0.25) is 0 Å². The highest BCUT2D eigenvalue weighted by molar-refractivity contribution is 5.82.